The van der Waals surface area contributed by atoms with Crippen molar-refractivity contribution in [3.63, 3.8) is 0 Å². The Labute approximate surface area is 150 Å². The van der Waals surface area contributed by atoms with Crippen LogP contribution >= 0.6 is 8.60 Å². The van der Waals surface area contributed by atoms with Gasteiger partial charge in [0.15, 0.2) is 0 Å². The zero-order valence-corrected chi connectivity index (χ0v) is 16.4. The molecule has 0 atom stereocenters. The predicted molar refractivity (Wildman–Crippen MR) is 103 cm³/mol. The van der Waals surface area contributed by atoms with Crippen LogP contribution in [0.1, 0.15) is 78.1 Å². The van der Waals surface area contributed by atoms with Gasteiger partial charge in [-0.2, -0.15) is 0 Å². The fraction of sp³-hybridized carbons (Fsp3) is 0.700. The fourth-order valence-corrected chi connectivity index (χ4v) is 3.38. The molecule has 0 aliphatic carbocycles. The monoisotopic (exact) mass is 354 g/mol. The summed E-state index contributed by atoms with van der Waals surface area (Å²) in [6.45, 7) is 5.91. The topological polar surface area (TPSA) is 27.7 Å². The van der Waals surface area contributed by atoms with E-state index in [4.69, 9.17) is 13.6 Å². The molecule has 138 valence electrons. The first kappa shape index (κ1) is 21.4. The van der Waals surface area contributed by atoms with Gasteiger partial charge >= 0.3 is 8.60 Å². The maximum atomic E-state index is 5.89. The minimum Gasteiger partial charge on any atom is -0.427 e. The first-order valence-corrected chi connectivity index (χ1v) is 10.7. The summed E-state index contributed by atoms with van der Waals surface area (Å²) in [5, 5.41) is 0. The highest BCUT2D eigenvalue weighted by atomic mass is 31.2. The van der Waals surface area contributed by atoms with Gasteiger partial charge in [0.1, 0.15) is 5.75 Å². The van der Waals surface area contributed by atoms with Gasteiger partial charge in [0.25, 0.3) is 0 Å². The number of hydrogen-bond donors (Lipinski definition) is 0. The molecule has 0 saturated carbocycles. The zero-order chi connectivity index (χ0) is 17.3. The van der Waals surface area contributed by atoms with Gasteiger partial charge in [0.05, 0.1) is 13.2 Å². The van der Waals surface area contributed by atoms with E-state index in [0.717, 1.165) is 31.8 Å². The van der Waals surface area contributed by atoms with E-state index in [9.17, 15) is 0 Å². The second kappa shape index (κ2) is 15.9. The zero-order valence-electron chi connectivity index (χ0n) is 15.5. The third-order valence-electron chi connectivity index (χ3n) is 3.81. The Kier molecular flexibility index (Phi) is 14.2. The lowest BCUT2D eigenvalue weighted by Gasteiger charge is -2.17. The van der Waals surface area contributed by atoms with Gasteiger partial charge in [-0.3, -0.25) is 0 Å². The van der Waals surface area contributed by atoms with Gasteiger partial charge in [0, 0.05) is 0 Å². The van der Waals surface area contributed by atoms with E-state index in [0.29, 0.717) is 0 Å². The first-order valence-electron chi connectivity index (χ1n) is 9.65. The summed E-state index contributed by atoms with van der Waals surface area (Å²) in [7, 11) is -1.29. The molecule has 4 heteroatoms. The minimum absolute atomic E-state index is 0.720. The third kappa shape index (κ3) is 11.8. The van der Waals surface area contributed by atoms with E-state index in [1.807, 2.05) is 30.3 Å². The Morgan fingerprint density at radius 2 is 1.17 bits per heavy atom. The van der Waals surface area contributed by atoms with E-state index in [1.165, 1.54) is 51.4 Å². The Hall–Kier alpha value is -0.630. The summed E-state index contributed by atoms with van der Waals surface area (Å²) < 4.78 is 17.6. The molecule has 0 saturated heterocycles. The summed E-state index contributed by atoms with van der Waals surface area (Å²) >= 11 is 0. The molecule has 0 aliphatic heterocycles. The van der Waals surface area contributed by atoms with Gasteiger partial charge in [-0.25, -0.2) is 0 Å². The van der Waals surface area contributed by atoms with Crippen LogP contribution in [0.3, 0.4) is 0 Å². The number of rotatable bonds is 16. The lowest BCUT2D eigenvalue weighted by atomic mass is 10.2. The molecule has 24 heavy (non-hydrogen) atoms. The molecular formula is C20H35O3P. The van der Waals surface area contributed by atoms with Gasteiger partial charge in [-0.1, -0.05) is 83.4 Å². The summed E-state index contributed by atoms with van der Waals surface area (Å²) in [6.07, 6.45) is 12.3. The Bertz CT molecular complexity index is 356. The normalized spacial score (nSPS) is 11.1. The summed E-state index contributed by atoms with van der Waals surface area (Å²) in [6, 6.07) is 9.82. The predicted octanol–water partition coefficient (Wildman–Crippen LogP) is 7.27. The first-order chi connectivity index (χ1) is 11.9. The van der Waals surface area contributed by atoms with Crippen LogP contribution in [0.2, 0.25) is 0 Å². The van der Waals surface area contributed by atoms with Crippen molar-refractivity contribution in [1.82, 2.24) is 0 Å². The Morgan fingerprint density at radius 3 is 1.67 bits per heavy atom. The van der Waals surface area contributed by atoms with Crippen LogP contribution in [0.15, 0.2) is 30.3 Å². The van der Waals surface area contributed by atoms with Gasteiger partial charge in [0.2, 0.25) is 0 Å². The number of para-hydroxylation sites is 1. The molecule has 0 amide bonds. The van der Waals surface area contributed by atoms with Crippen molar-refractivity contribution in [2.24, 2.45) is 0 Å². The van der Waals surface area contributed by atoms with Gasteiger partial charge < -0.3 is 13.6 Å². The molecule has 0 aliphatic rings. The maximum absolute atomic E-state index is 5.89. The molecule has 0 fully saturated rings. The van der Waals surface area contributed by atoms with Crippen molar-refractivity contribution in [2.75, 3.05) is 13.2 Å². The Balaban J connectivity index is 2.24. The molecule has 3 nitrogen and oxygen atoms in total. The van der Waals surface area contributed by atoms with Gasteiger partial charge in [-0.15, -0.1) is 0 Å². The largest absolute Gasteiger partial charge is 0.427 e. The smallest absolute Gasteiger partial charge is 0.397 e. The highest BCUT2D eigenvalue weighted by Gasteiger charge is 2.14. The van der Waals surface area contributed by atoms with Crippen LogP contribution in [0.4, 0.5) is 0 Å². The third-order valence-corrected chi connectivity index (χ3v) is 4.96. The standard InChI is InChI=1S/C20H35O3P/c1-3-5-7-9-14-18-21-24(22-19-15-10-8-6-4-2)23-20-16-12-11-13-17-20/h11-13,16-17H,3-10,14-15,18-19H2,1-2H3. The lowest BCUT2D eigenvalue weighted by Crippen LogP contribution is -2.01. The second-order valence-corrected chi connectivity index (χ2v) is 7.27. The van der Waals surface area contributed by atoms with Crippen LogP contribution in [-0.4, -0.2) is 13.2 Å². The summed E-state index contributed by atoms with van der Waals surface area (Å²) in [5.74, 6) is 0.820. The molecule has 1 aromatic rings. The van der Waals surface area contributed by atoms with Crippen molar-refractivity contribution in [3.05, 3.63) is 30.3 Å². The molecule has 0 radical (unpaired) electrons. The van der Waals surface area contributed by atoms with Crippen LogP contribution < -0.4 is 4.52 Å². The molecule has 0 spiro atoms. The molecule has 1 aromatic carbocycles. The van der Waals surface area contributed by atoms with E-state index in [1.54, 1.807) is 0 Å². The van der Waals surface area contributed by atoms with E-state index in [-0.39, 0.29) is 0 Å². The molecule has 0 heterocycles. The summed E-state index contributed by atoms with van der Waals surface area (Å²) in [5.41, 5.74) is 0. The quantitative estimate of drug-likeness (QED) is 0.231. The SMILES string of the molecule is CCCCCCCOP(OCCCCCCC)Oc1ccccc1. The van der Waals surface area contributed by atoms with Crippen LogP contribution in [0.5, 0.6) is 5.75 Å². The van der Waals surface area contributed by atoms with E-state index in [2.05, 4.69) is 13.8 Å². The van der Waals surface area contributed by atoms with Crippen molar-refractivity contribution in [1.29, 1.82) is 0 Å². The average Bonchev–Trinajstić information content (AvgIpc) is 2.61. The highest BCUT2D eigenvalue weighted by molar-refractivity contribution is 7.42. The number of hydrogen-bond acceptors (Lipinski definition) is 3. The van der Waals surface area contributed by atoms with Crippen molar-refractivity contribution >= 4 is 8.60 Å². The van der Waals surface area contributed by atoms with Crippen molar-refractivity contribution < 1.29 is 13.6 Å². The highest BCUT2D eigenvalue weighted by Crippen LogP contribution is 2.41. The number of benzene rings is 1. The molecule has 0 aromatic heterocycles. The summed E-state index contributed by atoms with van der Waals surface area (Å²) in [4.78, 5) is 0. The fourth-order valence-electron chi connectivity index (χ4n) is 2.35. The Morgan fingerprint density at radius 1 is 0.667 bits per heavy atom. The molecular weight excluding hydrogens is 319 g/mol. The lowest BCUT2D eigenvalue weighted by molar-refractivity contribution is 0.198. The average molecular weight is 354 g/mol. The minimum atomic E-state index is -1.29. The molecule has 0 bridgehead atoms. The number of unbranched alkanes of at least 4 members (excludes halogenated alkanes) is 8. The van der Waals surface area contributed by atoms with Crippen LogP contribution in [0.25, 0.3) is 0 Å². The van der Waals surface area contributed by atoms with E-state index < -0.39 is 8.60 Å². The molecule has 0 unspecified atom stereocenters. The van der Waals surface area contributed by atoms with Crippen LogP contribution in [-0.2, 0) is 9.05 Å². The second-order valence-electron chi connectivity index (χ2n) is 6.12. The van der Waals surface area contributed by atoms with Crippen molar-refractivity contribution in [2.45, 2.75) is 78.1 Å². The van der Waals surface area contributed by atoms with Crippen molar-refractivity contribution in [3.8, 4) is 5.75 Å². The van der Waals surface area contributed by atoms with E-state index >= 15 is 0 Å². The van der Waals surface area contributed by atoms with Gasteiger partial charge in [-0.05, 0) is 25.0 Å². The molecule has 0 N–H and O–H groups in total. The van der Waals surface area contributed by atoms with Crippen LogP contribution in [0, 0.1) is 0 Å². The molecule has 1 rings (SSSR count). The maximum Gasteiger partial charge on any atom is 0.397 e.